The van der Waals surface area contributed by atoms with Crippen molar-refractivity contribution in [3.63, 3.8) is 0 Å². The molecule has 1 saturated carbocycles. The molecular formula is C14H21F3O3S. The Balaban J connectivity index is 1.91. The van der Waals surface area contributed by atoms with Crippen LogP contribution in [0.25, 0.3) is 0 Å². The Kier molecular flexibility index (Phi) is 4.90. The lowest BCUT2D eigenvalue weighted by Crippen LogP contribution is -2.27. The zero-order chi connectivity index (χ0) is 15.7. The molecule has 0 N–H and O–H groups in total. The predicted octanol–water partition coefficient (Wildman–Crippen LogP) is 4.36. The van der Waals surface area contributed by atoms with Gasteiger partial charge in [-0.2, -0.15) is 21.6 Å². The van der Waals surface area contributed by atoms with E-state index in [1.165, 1.54) is 18.9 Å². The Labute approximate surface area is 123 Å². The Hall–Kier alpha value is -0.720. The summed E-state index contributed by atoms with van der Waals surface area (Å²) in [5.74, 6) is 1.75. The van der Waals surface area contributed by atoms with Crippen LogP contribution in [-0.4, -0.2) is 13.9 Å². The van der Waals surface area contributed by atoms with Crippen molar-refractivity contribution in [2.24, 2.45) is 17.8 Å². The molecule has 1 atom stereocenters. The van der Waals surface area contributed by atoms with Gasteiger partial charge in [0.2, 0.25) is 0 Å². The molecule has 2 rings (SSSR count). The van der Waals surface area contributed by atoms with Crippen LogP contribution in [0.5, 0.6) is 0 Å². The van der Waals surface area contributed by atoms with Crippen molar-refractivity contribution in [2.45, 2.75) is 57.4 Å². The fraction of sp³-hybridized carbons (Fsp3) is 0.857. The molecule has 7 heteroatoms. The van der Waals surface area contributed by atoms with Gasteiger partial charge < -0.3 is 4.18 Å². The number of hydrogen-bond acceptors (Lipinski definition) is 3. The predicted molar refractivity (Wildman–Crippen MR) is 72.6 cm³/mol. The summed E-state index contributed by atoms with van der Waals surface area (Å²) in [6.07, 6.45) is 7.85. The normalized spacial score (nSPS) is 31.6. The molecule has 3 nitrogen and oxygen atoms in total. The molecule has 0 aliphatic heterocycles. The second-order valence-electron chi connectivity index (χ2n) is 6.21. The highest BCUT2D eigenvalue weighted by atomic mass is 32.2. The third kappa shape index (κ3) is 4.14. The van der Waals surface area contributed by atoms with Gasteiger partial charge in [-0.1, -0.05) is 19.8 Å². The number of hydrogen-bond donors (Lipinski definition) is 0. The standard InChI is InChI=1S/C14H21F3O3S/c1-10-2-4-11(5-3-10)12-6-8-13(9-7-12)20-21(18,19)14(15,16)17/h8,10-12H,2-7,9H2,1H3. The highest BCUT2D eigenvalue weighted by Crippen LogP contribution is 2.40. The lowest BCUT2D eigenvalue weighted by molar-refractivity contribution is -0.0525. The highest BCUT2D eigenvalue weighted by molar-refractivity contribution is 7.87. The molecule has 0 aromatic carbocycles. The largest absolute Gasteiger partial charge is 0.534 e. The molecular weight excluding hydrogens is 305 g/mol. The fourth-order valence-electron chi connectivity index (χ4n) is 3.28. The molecule has 2 aliphatic rings. The lowest BCUT2D eigenvalue weighted by Gasteiger charge is -2.34. The maximum absolute atomic E-state index is 12.3. The number of halogens is 3. The maximum atomic E-state index is 12.3. The van der Waals surface area contributed by atoms with E-state index in [9.17, 15) is 21.6 Å². The van der Waals surface area contributed by atoms with E-state index in [-0.39, 0.29) is 12.2 Å². The molecule has 0 bridgehead atoms. The van der Waals surface area contributed by atoms with E-state index in [2.05, 4.69) is 11.1 Å². The van der Waals surface area contributed by atoms with Gasteiger partial charge in [-0.25, -0.2) is 0 Å². The Bertz CT molecular complexity index is 488. The van der Waals surface area contributed by atoms with Crippen molar-refractivity contribution in [1.82, 2.24) is 0 Å². The lowest BCUT2D eigenvalue weighted by atomic mass is 9.72. The number of alkyl halides is 3. The molecule has 0 radical (unpaired) electrons. The first-order valence-electron chi connectivity index (χ1n) is 7.39. The molecule has 0 heterocycles. The summed E-state index contributed by atoms with van der Waals surface area (Å²) in [4.78, 5) is 0. The van der Waals surface area contributed by atoms with Crippen molar-refractivity contribution in [2.75, 3.05) is 0 Å². The quantitative estimate of drug-likeness (QED) is 0.571. The molecule has 0 spiro atoms. The monoisotopic (exact) mass is 326 g/mol. The van der Waals surface area contributed by atoms with E-state index in [0.717, 1.165) is 18.8 Å². The van der Waals surface area contributed by atoms with Crippen LogP contribution in [0.4, 0.5) is 13.2 Å². The van der Waals surface area contributed by atoms with Crippen molar-refractivity contribution in [1.29, 1.82) is 0 Å². The minimum atomic E-state index is -5.52. The summed E-state index contributed by atoms with van der Waals surface area (Å²) in [6, 6.07) is 0. The van der Waals surface area contributed by atoms with Gasteiger partial charge in [0.1, 0.15) is 5.76 Å². The van der Waals surface area contributed by atoms with Gasteiger partial charge in [0.15, 0.2) is 0 Å². The van der Waals surface area contributed by atoms with Gasteiger partial charge in [0, 0.05) is 6.42 Å². The highest BCUT2D eigenvalue weighted by Gasteiger charge is 2.49. The minimum Gasteiger partial charge on any atom is -0.381 e. The van der Waals surface area contributed by atoms with Gasteiger partial charge in [0.25, 0.3) is 0 Å². The first-order chi connectivity index (χ1) is 9.69. The maximum Gasteiger partial charge on any atom is 0.534 e. The van der Waals surface area contributed by atoms with Crippen LogP contribution in [-0.2, 0) is 14.3 Å². The minimum absolute atomic E-state index is 0.0623. The summed E-state index contributed by atoms with van der Waals surface area (Å²) >= 11 is 0. The third-order valence-electron chi connectivity index (χ3n) is 4.64. The average molecular weight is 326 g/mol. The second kappa shape index (κ2) is 6.18. The molecule has 2 aliphatic carbocycles. The first-order valence-corrected chi connectivity index (χ1v) is 8.79. The van der Waals surface area contributed by atoms with E-state index >= 15 is 0 Å². The smallest absolute Gasteiger partial charge is 0.381 e. The van der Waals surface area contributed by atoms with Crippen molar-refractivity contribution in [3.05, 3.63) is 11.8 Å². The average Bonchev–Trinajstić information content (AvgIpc) is 2.39. The summed E-state index contributed by atoms with van der Waals surface area (Å²) < 4.78 is 62.9. The number of rotatable bonds is 3. The van der Waals surface area contributed by atoms with Crippen molar-refractivity contribution < 1.29 is 25.8 Å². The molecule has 1 unspecified atom stereocenters. The summed E-state index contributed by atoms with van der Waals surface area (Å²) in [5.41, 5.74) is -5.36. The van der Waals surface area contributed by atoms with Gasteiger partial charge in [0.05, 0.1) is 0 Å². The zero-order valence-corrected chi connectivity index (χ0v) is 12.8. The molecule has 122 valence electrons. The topological polar surface area (TPSA) is 43.4 Å². The fourth-order valence-corrected chi connectivity index (χ4v) is 3.81. The second-order valence-corrected chi connectivity index (χ2v) is 7.75. The first kappa shape index (κ1) is 16.6. The molecule has 1 fully saturated rings. The van der Waals surface area contributed by atoms with Crippen LogP contribution >= 0.6 is 0 Å². The Morgan fingerprint density at radius 3 is 2.19 bits per heavy atom. The van der Waals surface area contributed by atoms with Crippen LogP contribution in [0.1, 0.15) is 51.9 Å². The molecule has 0 amide bonds. The Morgan fingerprint density at radius 1 is 1.10 bits per heavy atom. The van der Waals surface area contributed by atoms with E-state index in [0.29, 0.717) is 24.7 Å². The summed E-state index contributed by atoms with van der Waals surface area (Å²) in [6.45, 7) is 2.24. The van der Waals surface area contributed by atoms with Gasteiger partial charge >= 0.3 is 15.6 Å². The van der Waals surface area contributed by atoms with Crippen LogP contribution in [0.2, 0.25) is 0 Å². The third-order valence-corrected chi connectivity index (χ3v) is 5.64. The van der Waals surface area contributed by atoms with Crippen LogP contribution in [0, 0.1) is 17.8 Å². The van der Waals surface area contributed by atoms with Crippen molar-refractivity contribution >= 4 is 10.1 Å². The molecule has 0 aromatic heterocycles. The summed E-state index contributed by atoms with van der Waals surface area (Å²) in [7, 11) is -5.52. The molecule has 0 aromatic rings. The van der Waals surface area contributed by atoms with Crippen LogP contribution in [0.3, 0.4) is 0 Å². The van der Waals surface area contributed by atoms with Gasteiger partial charge in [-0.05, 0) is 49.5 Å². The van der Waals surface area contributed by atoms with Crippen LogP contribution in [0.15, 0.2) is 11.8 Å². The Morgan fingerprint density at radius 2 is 1.71 bits per heavy atom. The molecule has 0 saturated heterocycles. The molecule has 21 heavy (non-hydrogen) atoms. The summed E-state index contributed by atoms with van der Waals surface area (Å²) in [5, 5.41) is 0. The zero-order valence-electron chi connectivity index (χ0n) is 12.0. The van der Waals surface area contributed by atoms with Gasteiger partial charge in [-0.3, -0.25) is 0 Å². The number of allylic oxidation sites excluding steroid dienone is 2. The SMILES string of the molecule is CC1CCC(C2CC=C(OS(=O)(=O)C(F)(F)F)CC2)CC1. The van der Waals surface area contributed by atoms with Gasteiger partial charge in [-0.15, -0.1) is 0 Å². The van der Waals surface area contributed by atoms with E-state index in [1.807, 2.05) is 0 Å². The van der Waals surface area contributed by atoms with E-state index < -0.39 is 15.6 Å². The van der Waals surface area contributed by atoms with Crippen LogP contribution < -0.4 is 0 Å². The van der Waals surface area contributed by atoms with E-state index in [1.54, 1.807) is 0 Å². The van der Waals surface area contributed by atoms with E-state index in [4.69, 9.17) is 0 Å². The van der Waals surface area contributed by atoms with Crippen molar-refractivity contribution in [3.8, 4) is 0 Å².